The summed E-state index contributed by atoms with van der Waals surface area (Å²) in [6, 6.07) is 8.97. The average molecular weight is 417 g/mol. The first kappa shape index (κ1) is 24.7. The Morgan fingerprint density at radius 3 is 1.27 bits per heavy atom. The molecule has 0 atom stereocenters. The number of hydrogen-bond donors (Lipinski definition) is 0. The maximum atomic E-state index is 2.45. The fraction of sp³-hybridized carbons (Fsp3) is 0.692. The molecule has 0 unspecified atom stereocenters. The lowest BCUT2D eigenvalue weighted by Gasteiger charge is -2.23. The Labute approximate surface area is 186 Å². The largest absolute Gasteiger partial charge is 0.346 e. The van der Waals surface area contributed by atoms with E-state index in [0.717, 1.165) is 22.1 Å². The third-order valence-electron chi connectivity index (χ3n) is 5.88. The summed E-state index contributed by atoms with van der Waals surface area (Å²) in [6.07, 6.45) is 15.1. The second-order valence-electron chi connectivity index (χ2n) is 11.0. The minimum absolute atomic E-state index is 1.08. The number of rotatable bonds is 15. The van der Waals surface area contributed by atoms with Crippen LogP contribution in [-0.4, -0.2) is 73.5 Å². The molecule has 0 saturated carbocycles. The van der Waals surface area contributed by atoms with Crippen molar-refractivity contribution < 1.29 is 8.97 Å². The number of nitrogens with zero attached hydrogens (tertiary/aromatic N) is 4. The van der Waals surface area contributed by atoms with Crippen molar-refractivity contribution in [2.45, 2.75) is 64.5 Å². The zero-order chi connectivity index (χ0) is 22.0. The summed E-state index contributed by atoms with van der Waals surface area (Å²) in [4.78, 5) is 0. The summed E-state index contributed by atoms with van der Waals surface area (Å²) in [5.41, 5.74) is 2.74. The van der Waals surface area contributed by atoms with E-state index in [1.165, 1.54) is 75.8 Å². The lowest BCUT2D eigenvalue weighted by atomic mass is 10.1. The number of hydrogen-bond acceptors (Lipinski definition) is 0. The molecule has 30 heavy (non-hydrogen) atoms. The molecule has 2 heterocycles. The van der Waals surface area contributed by atoms with Crippen LogP contribution >= 0.6 is 0 Å². The summed E-state index contributed by atoms with van der Waals surface area (Å²) in [6.45, 7) is 4.81. The molecule has 0 spiro atoms. The molecule has 170 valence electrons. The van der Waals surface area contributed by atoms with Gasteiger partial charge in [0.2, 0.25) is 0 Å². The zero-order valence-electron chi connectivity index (χ0n) is 20.7. The van der Waals surface area contributed by atoms with Crippen LogP contribution in [0.15, 0.2) is 36.7 Å². The van der Waals surface area contributed by atoms with Gasteiger partial charge in [-0.25, -0.2) is 0 Å². The molecule has 0 aliphatic rings. The smallest absolute Gasteiger partial charge is 0.0780 e. The van der Waals surface area contributed by atoms with Gasteiger partial charge in [-0.2, -0.15) is 0 Å². The molecular formula is C26H48N4+2. The molecule has 0 saturated heterocycles. The van der Waals surface area contributed by atoms with E-state index in [9.17, 15) is 0 Å². The molecule has 0 aliphatic heterocycles. The van der Waals surface area contributed by atoms with Gasteiger partial charge in [0.25, 0.3) is 0 Å². The van der Waals surface area contributed by atoms with E-state index in [4.69, 9.17) is 0 Å². The number of unbranched alkanes of at least 4 members (excludes halogenated alkanes) is 6. The Hall–Kier alpha value is -1.52. The predicted octanol–water partition coefficient (Wildman–Crippen LogP) is 5.49. The molecule has 0 N–H and O–H groups in total. The first-order valence-corrected chi connectivity index (χ1v) is 12.1. The summed E-state index contributed by atoms with van der Waals surface area (Å²) < 4.78 is 7.06. The number of quaternary nitrogens is 2. The van der Waals surface area contributed by atoms with Gasteiger partial charge in [0.15, 0.2) is 0 Å². The van der Waals surface area contributed by atoms with Gasteiger partial charge < -0.3 is 18.1 Å². The standard InChI is InChI=1S/C26H48N4/c1-29(2,3)23-13-9-7-11-19-27-21-15-17-25(27)26-18-16-22-28(26)20-12-8-10-14-24-30(4,5)6/h15-18,21-22H,7-14,19-20,23-24H2,1-6H3/q+2. The van der Waals surface area contributed by atoms with Gasteiger partial charge in [-0.1, -0.05) is 12.8 Å². The van der Waals surface area contributed by atoms with E-state index in [1.807, 2.05) is 0 Å². The van der Waals surface area contributed by atoms with Crippen molar-refractivity contribution in [2.75, 3.05) is 55.4 Å². The van der Waals surface area contributed by atoms with E-state index in [1.54, 1.807) is 0 Å². The van der Waals surface area contributed by atoms with Crippen LogP contribution in [0.4, 0.5) is 0 Å². The fourth-order valence-corrected chi connectivity index (χ4v) is 4.13. The minimum Gasteiger partial charge on any atom is -0.346 e. The van der Waals surface area contributed by atoms with Crippen LogP contribution in [0.2, 0.25) is 0 Å². The number of aryl methyl sites for hydroxylation is 2. The molecule has 4 heteroatoms. The summed E-state index contributed by atoms with van der Waals surface area (Å²) in [5.74, 6) is 0. The van der Waals surface area contributed by atoms with Crippen molar-refractivity contribution >= 4 is 0 Å². The normalized spacial score (nSPS) is 12.6. The highest BCUT2D eigenvalue weighted by Crippen LogP contribution is 2.22. The second kappa shape index (κ2) is 11.8. The maximum absolute atomic E-state index is 2.45. The Balaban J connectivity index is 1.76. The third-order valence-corrected chi connectivity index (χ3v) is 5.88. The highest BCUT2D eigenvalue weighted by molar-refractivity contribution is 5.56. The first-order valence-electron chi connectivity index (χ1n) is 12.1. The minimum atomic E-state index is 1.08. The van der Waals surface area contributed by atoms with Gasteiger partial charge >= 0.3 is 0 Å². The van der Waals surface area contributed by atoms with E-state index in [-0.39, 0.29) is 0 Å². The predicted molar refractivity (Wildman–Crippen MR) is 131 cm³/mol. The maximum Gasteiger partial charge on any atom is 0.0780 e. The Bertz CT molecular complexity index is 650. The van der Waals surface area contributed by atoms with Crippen LogP contribution in [0.3, 0.4) is 0 Å². The van der Waals surface area contributed by atoms with Crippen LogP contribution in [-0.2, 0) is 13.1 Å². The quantitative estimate of drug-likeness (QED) is 0.268. The Morgan fingerprint density at radius 2 is 0.900 bits per heavy atom. The SMILES string of the molecule is C[N+](C)(C)CCCCCCn1cccc1-c1cccn1CCCCCC[N+](C)(C)C. The van der Waals surface area contributed by atoms with Gasteiger partial charge in [0.05, 0.1) is 66.8 Å². The molecule has 4 nitrogen and oxygen atoms in total. The van der Waals surface area contributed by atoms with Gasteiger partial charge in [-0.3, -0.25) is 0 Å². The fourth-order valence-electron chi connectivity index (χ4n) is 4.13. The first-order chi connectivity index (χ1) is 14.2. The van der Waals surface area contributed by atoms with Gasteiger partial charge in [0, 0.05) is 25.5 Å². The van der Waals surface area contributed by atoms with Crippen molar-refractivity contribution in [2.24, 2.45) is 0 Å². The molecule has 0 aliphatic carbocycles. The van der Waals surface area contributed by atoms with Crippen LogP contribution in [0.5, 0.6) is 0 Å². The van der Waals surface area contributed by atoms with Crippen LogP contribution in [0.25, 0.3) is 11.4 Å². The topological polar surface area (TPSA) is 9.86 Å². The van der Waals surface area contributed by atoms with Crippen LogP contribution < -0.4 is 0 Å². The molecule has 0 fully saturated rings. The van der Waals surface area contributed by atoms with E-state index < -0.39 is 0 Å². The van der Waals surface area contributed by atoms with Crippen molar-refractivity contribution in [1.29, 1.82) is 0 Å². The second-order valence-corrected chi connectivity index (χ2v) is 11.0. The van der Waals surface area contributed by atoms with Crippen LogP contribution in [0, 0.1) is 0 Å². The van der Waals surface area contributed by atoms with Crippen molar-refractivity contribution in [3.63, 3.8) is 0 Å². The lowest BCUT2D eigenvalue weighted by molar-refractivity contribution is -0.870. The molecule has 2 aromatic heterocycles. The lowest BCUT2D eigenvalue weighted by Crippen LogP contribution is -2.35. The Morgan fingerprint density at radius 1 is 0.533 bits per heavy atom. The number of aromatic nitrogens is 2. The molecule has 0 bridgehead atoms. The van der Waals surface area contributed by atoms with Crippen molar-refractivity contribution in [1.82, 2.24) is 9.13 Å². The monoisotopic (exact) mass is 416 g/mol. The van der Waals surface area contributed by atoms with Crippen LogP contribution in [0.1, 0.15) is 51.4 Å². The Kier molecular flexibility index (Phi) is 9.70. The van der Waals surface area contributed by atoms with Crippen molar-refractivity contribution in [3.05, 3.63) is 36.7 Å². The third kappa shape index (κ3) is 9.53. The average Bonchev–Trinajstić information content (AvgIpc) is 3.27. The van der Waals surface area contributed by atoms with E-state index in [0.29, 0.717) is 0 Å². The molecule has 0 aromatic carbocycles. The van der Waals surface area contributed by atoms with Crippen molar-refractivity contribution in [3.8, 4) is 11.4 Å². The van der Waals surface area contributed by atoms with E-state index >= 15 is 0 Å². The highest BCUT2D eigenvalue weighted by atomic mass is 15.3. The molecule has 2 rings (SSSR count). The van der Waals surface area contributed by atoms with Gasteiger partial charge in [-0.15, -0.1) is 0 Å². The molecule has 0 radical (unpaired) electrons. The molecule has 2 aromatic rings. The highest BCUT2D eigenvalue weighted by Gasteiger charge is 2.10. The zero-order valence-corrected chi connectivity index (χ0v) is 20.7. The summed E-state index contributed by atoms with van der Waals surface area (Å²) >= 11 is 0. The molecular weight excluding hydrogens is 368 g/mol. The molecule has 0 amide bonds. The van der Waals surface area contributed by atoms with E-state index in [2.05, 4.69) is 88.1 Å². The summed E-state index contributed by atoms with van der Waals surface area (Å²) in [5, 5.41) is 0. The summed E-state index contributed by atoms with van der Waals surface area (Å²) in [7, 11) is 13.7. The van der Waals surface area contributed by atoms with Gasteiger partial charge in [0.1, 0.15) is 0 Å². The van der Waals surface area contributed by atoms with Gasteiger partial charge in [-0.05, 0) is 62.8 Å².